The first-order valence-electron chi connectivity index (χ1n) is 6.18. The van der Waals surface area contributed by atoms with Gasteiger partial charge < -0.3 is 20.1 Å². The highest BCUT2D eigenvalue weighted by atomic mass is 16.4. The number of carbonyl (C=O) groups excluding carboxylic acids is 2. The van der Waals surface area contributed by atoms with E-state index in [2.05, 4.69) is 15.6 Å². The maximum absolute atomic E-state index is 11.9. The van der Waals surface area contributed by atoms with E-state index >= 15 is 0 Å². The van der Waals surface area contributed by atoms with E-state index in [0.29, 0.717) is 11.2 Å². The van der Waals surface area contributed by atoms with E-state index in [0.717, 1.165) is 5.69 Å². The summed E-state index contributed by atoms with van der Waals surface area (Å²) in [5, 5.41) is 13.0. The van der Waals surface area contributed by atoms with Crippen molar-refractivity contribution >= 4 is 23.4 Å². The number of amides is 2. The molecule has 2 aromatic heterocycles. The second-order valence-electron chi connectivity index (χ2n) is 4.42. The van der Waals surface area contributed by atoms with Gasteiger partial charge in [0.15, 0.2) is 0 Å². The molecule has 0 aliphatic heterocycles. The summed E-state index contributed by atoms with van der Waals surface area (Å²) in [6, 6.07) is 3.22. The quantitative estimate of drug-likeness (QED) is 0.692. The number of aliphatic carboxylic acids is 1. The zero-order valence-corrected chi connectivity index (χ0v) is 11.3. The van der Waals surface area contributed by atoms with E-state index in [9.17, 15) is 14.4 Å². The Labute approximate surface area is 119 Å². The molecule has 2 aromatic rings. The molecule has 0 aliphatic carbocycles. The lowest BCUT2D eigenvalue weighted by atomic mass is 10.2. The molecule has 0 saturated carbocycles. The second-order valence-corrected chi connectivity index (χ2v) is 4.42. The lowest BCUT2D eigenvalue weighted by Crippen LogP contribution is -2.39. The van der Waals surface area contributed by atoms with Gasteiger partial charge in [0, 0.05) is 18.0 Å². The van der Waals surface area contributed by atoms with Crippen LogP contribution >= 0.6 is 0 Å². The Hall–Kier alpha value is -2.90. The van der Waals surface area contributed by atoms with Crippen LogP contribution in [0.3, 0.4) is 0 Å². The monoisotopic (exact) mass is 290 g/mol. The molecular weight excluding hydrogens is 276 g/mol. The van der Waals surface area contributed by atoms with Gasteiger partial charge in [0.2, 0.25) is 5.91 Å². The predicted molar refractivity (Wildman–Crippen MR) is 72.9 cm³/mol. The van der Waals surface area contributed by atoms with Gasteiger partial charge in [-0.25, -0.2) is 4.98 Å². The molecular formula is C13H14N4O4. The zero-order valence-electron chi connectivity index (χ0n) is 11.3. The van der Waals surface area contributed by atoms with Crippen LogP contribution in [0.15, 0.2) is 24.5 Å². The number of carbonyl (C=O) groups is 3. The van der Waals surface area contributed by atoms with E-state index in [1.807, 2.05) is 13.1 Å². The van der Waals surface area contributed by atoms with Crippen LogP contribution in [0.5, 0.6) is 0 Å². The molecule has 0 spiro atoms. The number of hydrogen-bond donors (Lipinski definition) is 3. The molecule has 0 atom stereocenters. The largest absolute Gasteiger partial charge is 0.480 e. The number of nitrogens with zero attached hydrogens (tertiary/aromatic N) is 2. The third kappa shape index (κ3) is 3.78. The Kier molecular flexibility index (Phi) is 4.17. The lowest BCUT2D eigenvalue weighted by Gasteiger charge is -2.05. The Bertz CT molecular complexity index is 707. The van der Waals surface area contributed by atoms with Crippen molar-refractivity contribution in [3.05, 3.63) is 35.8 Å². The SMILES string of the molecule is Cc1cn2ccc(C(=O)NCC(=O)NCC(=O)O)cc2n1. The fourth-order valence-corrected chi connectivity index (χ4v) is 1.75. The number of hydrogen-bond acceptors (Lipinski definition) is 4. The van der Waals surface area contributed by atoms with Crippen LogP contribution in [-0.4, -0.2) is 45.4 Å². The Morgan fingerprint density at radius 2 is 2.05 bits per heavy atom. The topological polar surface area (TPSA) is 113 Å². The molecule has 21 heavy (non-hydrogen) atoms. The number of aromatic nitrogens is 2. The first kappa shape index (κ1) is 14.5. The molecule has 0 aromatic carbocycles. The number of fused-ring (bicyclic) bond motifs is 1. The van der Waals surface area contributed by atoms with Crippen LogP contribution in [0, 0.1) is 6.92 Å². The highest BCUT2D eigenvalue weighted by Gasteiger charge is 2.10. The molecule has 0 aliphatic rings. The third-order valence-corrected chi connectivity index (χ3v) is 2.69. The first-order chi connectivity index (χ1) is 9.95. The molecule has 2 heterocycles. The first-order valence-corrected chi connectivity index (χ1v) is 6.18. The fraction of sp³-hybridized carbons (Fsp3) is 0.231. The van der Waals surface area contributed by atoms with E-state index in [1.165, 1.54) is 0 Å². The molecule has 8 nitrogen and oxygen atoms in total. The van der Waals surface area contributed by atoms with Gasteiger partial charge in [0.1, 0.15) is 12.2 Å². The summed E-state index contributed by atoms with van der Waals surface area (Å²) in [4.78, 5) is 37.7. The van der Waals surface area contributed by atoms with Crippen molar-refractivity contribution in [2.24, 2.45) is 0 Å². The van der Waals surface area contributed by atoms with E-state index < -0.39 is 24.3 Å². The van der Waals surface area contributed by atoms with Crippen molar-refractivity contribution in [1.29, 1.82) is 0 Å². The number of carboxylic acids is 1. The lowest BCUT2D eigenvalue weighted by molar-refractivity contribution is -0.137. The van der Waals surface area contributed by atoms with Crippen molar-refractivity contribution in [1.82, 2.24) is 20.0 Å². The van der Waals surface area contributed by atoms with E-state index in [1.54, 1.807) is 22.7 Å². The third-order valence-electron chi connectivity index (χ3n) is 2.69. The summed E-state index contributed by atoms with van der Waals surface area (Å²) in [6.45, 7) is 1.08. The van der Waals surface area contributed by atoms with Crippen LogP contribution in [0.25, 0.3) is 5.65 Å². The van der Waals surface area contributed by atoms with Gasteiger partial charge in [0.05, 0.1) is 12.2 Å². The number of nitrogens with one attached hydrogen (secondary N) is 2. The highest BCUT2D eigenvalue weighted by molar-refractivity contribution is 5.97. The van der Waals surface area contributed by atoms with Gasteiger partial charge in [-0.1, -0.05) is 0 Å². The number of pyridine rings is 1. The van der Waals surface area contributed by atoms with Crippen LogP contribution in [-0.2, 0) is 9.59 Å². The average Bonchev–Trinajstić information content (AvgIpc) is 2.81. The van der Waals surface area contributed by atoms with Crippen molar-refractivity contribution in [2.45, 2.75) is 6.92 Å². The maximum atomic E-state index is 11.9. The normalized spacial score (nSPS) is 10.3. The van der Waals surface area contributed by atoms with Gasteiger partial charge in [-0.2, -0.15) is 0 Å². The van der Waals surface area contributed by atoms with Gasteiger partial charge >= 0.3 is 5.97 Å². The molecule has 0 saturated heterocycles. The molecule has 0 radical (unpaired) electrons. The summed E-state index contributed by atoms with van der Waals surface area (Å²) in [5.74, 6) is -2.14. The number of imidazole rings is 1. The molecule has 0 unspecified atom stereocenters. The summed E-state index contributed by atoms with van der Waals surface area (Å²) in [6.07, 6.45) is 3.53. The smallest absolute Gasteiger partial charge is 0.322 e. The minimum absolute atomic E-state index is 0.287. The maximum Gasteiger partial charge on any atom is 0.322 e. The summed E-state index contributed by atoms with van der Waals surface area (Å²) < 4.78 is 1.78. The minimum atomic E-state index is -1.14. The predicted octanol–water partition coefficient (Wildman–Crippen LogP) is -0.427. The van der Waals surface area contributed by atoms with Gasteiger partial charge in [-0.3, -0.25) is 14.4 Å². The van der Waals surface area contributed by atoms with Crippen LogP contribution in [0.2, 0.25) is 0 Å². The highest BCUT2D eigenvalue weighted by Crippen LogP contribution is 2.07. The van der Waals surface area contributed by atoms with Crippen LogP contribution in [0.1, 0.15) is 16.1 Å². The number of rotatable bonds is 5. The van der Waals surface area contributed by atoms with Crippen molar-refractivity contribution in [3.8, 4) is 0 Å². The van der Waals surface area contributed by atoms with Gasteiger partial charge in [-0.05, 0) is 19.1 Å². The van der Waals surface area contributed by atoms with Crippen molar-refractivity contribution in [3.63, 3.8) is 0 Å². The summed E-state index contributed by atoms with van der Waals surface area (Å²) in [5.41, 5.74) is 1.84. The van der Waals surface area contributed by atoms with Crippen molar-refractivity contribution in [2.75, 3.05) is 13.1 Å². The van der Waals surface area contributed by atoms with Crippen molar-refractivity contribution < 1.29 is 19.5 Å². The average molecular weight is 290 g/mol. The molecule has 3 N–H and O–H groups in total. The van der Waals surface area contributed by atoms with E-state index in [-0.39, 0.29) is 6.54 Å². The van der Waals surface area contributed by atoms with Crippen LogP contribution in [0.4, 0.5) is 0 Å². The minimum Gasteiger partial charge on any atom is -0.480 e. The standard InChI is InChI=1S/C13H14N4O4/c1-8-7-17-3-2-9(4-10(17)16-8)13(21)15-5-11(18)14-6-12(19)20/h2-4,7H,5-6H2,1H3,(H,14,18)(H,15,21)(H,19,20). The van der Waals surface area contributed by atoms with Crippen LogP contribution < -0.4 is 10.6 Å². The Morgan fingerprint density at radius 3 is 2.76 bits per heavy atom. The number of aryl methyl sites for hydroxylation is 1. The molecule has 2 rings (SSSR count). The van der Waals surface area contributed by atoms with Gasteiger partial charge in [-0.15, -0.1) is 0 Å². The fourth-order valence-electron chi connectivity index (χ4n) is 1.75. The molecule has 8 heteroatoms. The Balaban J connectivity index is 1.95. The summed E-state index contributed by atoms with van der Waals surface area (Å²) in [7, 11) is 0. The molecule has 2 amide bonds. The van der Waals surface area contributed by atoms with E-state index in [4.69, 9.17) is 5.11 Å². The zero-order chi connectivity index (χ0) is 15.4. The molecule has 0 bridgehead atoms. The second kappa shape index (κ2) is 6.04. The molecule has 110 valence electrons. The summed E-state index contributed by atoms with van der Waals surface area (Å²) >= 11 is 0. The molecule has 0 fully saturated rings. The van der Waals surface area contributed by atoms with Gasteiger partial charge in [0.25, 0.3) is 5.91 Å². The number of carboxylic acid groups (broad SMARTS) is 1. The Morgan fingerprint density at radius 1 is 1.29 bits per heavy atom.